The van der Waals surface area contributed by atoms with E-state index in [1.165, 1.54) is 0 Å². The van der Waals surface area contributed by atoms with Crippen LogP contribution < -0.4 is 5.32 Å². The number of hydrogen-bond acceptors (Lipinski definition) is 5. The van der Waals surface area contributed by atoms with Crippen molar-refractivity contribution in [3.63, 3.8) is 0 Å². The zero-order valence-corrected chi connectivity index (χ0v) is 22.6. The fourth-order valence-electron chi connectivity index (χ4n) is 6.06. The highest BCUT2D eigenvalue weighted by Crippen LogP contribution is 2.49. The molecule has 5 rings (SSSR count). The molecule has 2 saturated carbocycles. The minimum Gasteiger partial charge on any atom is -0.444 e. The third kappa shape index (κ3) is 5.88. The number of alkyl halides is 3. The minimum absolute atomic E-state index is 0.0396. The number of halogens is 3. The molecule has 2 heterocycles. The van der Waals surface area contributed by atoms with Crippen LogP contribution in [-0.4, -0.2) is 82.4 Å². The highest BCUT2D eigenvalue weighted by Gasteiger charge is 2.58. The van der Waals surface area contributed by atoms with E-state index in [2.05, 4.69) is 5.32 Å². The Kier molecular flexibility index (Phi) is 6.88. The SMILES string of the molecule is CC(C)(C)OC(=O)NC1(C(=O)N2CCC3(CC2)CC(N(C(=O)C(F)(F)F)[C@@H]2C[C@H]2c2ccccc2)CO3)CC1. The lowest BCUT2D eigenvalue weighted by atomic mass is 9.86. The van der Waals surface area contributed by atoms with Crippen LogP contribution in [0.2, 0.25) is 0 Å². The Morgan fingerprint density at radius 3 is 2.26 bits per heavy atom. The molecule has 0 bridgehead atoms. The van der Waals surface area contributed by atoms with E-state index in [-0.39, 0.29) is 18.4 Å². The van der Waals surface area contributed by atoms with Crippen molar-refractivity contribution >= 4 is 17.9 Å². The van der Waals surface area contributed by atoms with Gasteiger partial charge in [-0.3, -0.25) is 9.59 Å². The van der Waals surface area contributed by atoms with Gasteiger partial charge in [0.25, 0.3) is 0 Å². The van der Waals surface area contributed by atoms with Gasteiger partial charge in [0.05, 0.1) is 18.2 Å². The van der Waals surface area contributed by atoms with Crippen LogP contribution >= 0.6 is 0 Å². The van der Waals surface area contributed by atoms with Crippen LogP contribution in [0.15, 0.2) is 30.3 Å². The summed E-state index contributed by atoms with van der Waals surface area (Å²) >= 11 is 0. The number of rotatable bonds is 5. The van der Waals surface area contributed by atoms with Crippen molar-refractivity contribution in [1.82, 2.24) is 15.1 Å². The third-order valence-corrected chi connectivity index (χ3v) is 8.26. The number of nitrogens with zero attached hydrogens (tertiary/aromatic N) is 2. The van der Waals surface area contributed by atoms with Crippen molar-refractivity contribution < 1.29 is 37.0 Å². The molecule has 3 atom stereocenters. The van der Waals surface area contributed by atoms with Gasteiger partial charge in [0, 0.05) is 25.0 Å². The van der Waals surface area contributed by atoms with E-state index >= 15 is 0 Å². The lowest BCUT2D eigenvalue weighted by Gasteiger charge is -2.40. The maximum absolute atomic E-state index is 13.6. The van der Waals surface area contributed by atoms with Crippen LogP contribution in [0.1, 0.15) is 70.8 Å². The van der Waals surface area contributed by atoms with Gasteiger partial charge in [-0.05, 0) is 64.9 Å². The van der Waals surface area contributed by atoms with Gasteiger partial charge in [0.1, 0.15) is 11.1 Å². The average molecular weight is 552 g/mol. The van der Waals surface area contributed by atoms with Gasteiger partial charge in [-0.2, -0.15) is 13.2 Å². The number of benzene rings is 1. The maximum Gasteiger partial charge on any atom is 0.471 e. The molecule has 0 radical (unpaired) electrons. The van der Waals surface area contributed by atoms with Gasteiger partial charge in [-0.15, -0.1) is 0 Å². The zero-order chi connectivity index (χ0) is 28.2. The summed E-state index contributed by atoms with van der Waals surface area (Å²) in [6, 6.07) is 8.11. The monoisotopic (exact) mass is 551 g/mol. The number of ether oxygens (including phenoxy) is 2. The number of alkyl carbamates (subject to hydrolysis) is 1. The minimum atomic E-state index is -4.96. The summed E-state index contributed by atoms with van der Waals surface area (Å²) in [5.74, 6) is -2.11. The molecule has 11 heteroatoms. The van der Waals surface area contributed by atoms with Crippen LogP contribution in [-0.2, 0) is 19.1 Å². The molecule has 214 valence electrons. The second-order valence-corrected chi connectivity index (χ2v) is 12.4. The standard InChI is InChI=1S/C28H36F3N3O5/c1-25(2,3)39-24(37)32-27(9-10-27)22(35)33-13-11-26(12-14-33)16-19(17-38-26)34(23(36)28(29,30)31)21-15-20(21)18-7-5-4-6-8-18/h4-8,19-21H,9-17H2,1-3H3,(H,32,37)/t19?,20-,21+/m0/s1. The molecule has 0 aromatic heterocycles. The summed E-state index contributed by atoms with van der Waals surface area (Å²) in [7, 11) is 0. The number of nitrogens with one attached hydrogen (secondary N) is 1. The fraction of sp³-hybridized carbons (Fsp3) is 0.679. The first-order valence-electron chi connectivity index (χ1n) is 13.6. The summed E-state index contributed by atoms with van der Waals surface area (Å²) < 4.78 is 52.3. The summed E-state index contributed by atoms with van der Waals surface area (Å²) in [6.07, 6.45) is -2.83. The van der Waals surface area contributed by atoms with E-state index in [1.54, 1.807) is 25.7 Å². The molecule has 1 aromatic carbocycles. The Morgan fingerprint density at radius 1 is 1.05 bits per heavy atom. The Labute approximate surface area is 226 Å². The average Bonchev–Trinajstić information content (AvgIpc) is 3.77. The second kappa shape index (κ2) is 9.67. The van der Waals surface area contributed by atoms with Crippen molar-refractivity contribution in [2.45, 2.75) is 100 Å². The van der Waals surface area contributed by atoms with E-state index in [1.807, 2.05) is 30.3 Å². The molecule has 4 fully saturated rings. The number of carbonyl (C=O) groups is 3. The molecule has 1 spiro atoms. The number of likely N-dealkylation sites (tertiary alicyclic amines) is 1. The topological polar surface area (TPSA) is 88.2 Å². The van der Waals surface area contributed by atoms with Crippen molar-refractivity contribution in [2.75, 3.05) is 19.7 Å². The van der Waals surface area contributed by atoms with E-state index in [4.69, 9.17) is 9.47 Å². The van der Waals surface area contributed by atoms with E-state index in [9.17, 15) is 27.6 Å². The zero-order valence-electron chi connectivity index (χ0n) is 22.6. The van der Waals surface area contributed by atoms with Crippen LogP contribution in [0.25, 0.3) is 0 Å². The van der Waals surface area contributed by atoms with Gasteiger partial charge < -0.3 is 24.6 Å². The molecule has 2 aliphatic heterocycles. The molecule has 1 aromatic rings. The van der Waals surface area contributed by atoms with Crippen LogP contribution in [0.5, 0.6) is 0 Å². The number of piperidine rings is 1. The second-order valence-electron chi connectivity index (χ2n) is 12.4. The number of hydrogen-bond donors (Lipinski definition) is 1. The van der Waals surface area contributed by atoms with Crippen molar-refractivity contribution in [3.8, 4) is 0 Å². The number of amides is 3. The first-order chi connectivity index (χ1) is 18.2. The Balaban J connectivity index is 1.21. The molecule has 39 heavy (non-hydrogen) atoms. The van der Waals surface area contributed by atoms with Gasteiger partial charge in [0.15, 0.2) is 0 Å². The Bertz CT molecular complexity index is 1110. The van der Waals surface area contributed by atoms with Crippen LogP contribution in [0.3, 0.4) is 0 Å². The van der Waals surface area contributed by atoms with Gasteiger partial charge in [0.2, 0.25) is 5.91 Å². The molecule has 2 aliphatic carbocycles. The maximum atomic E-state index is 13.6. The quantitative estimate of drug-likeness (QED) is 0.595. The van der Waals surface area contributed by atoms with E-state index in [0.717, 1.165) is 10.5 Å². The highest BCUT2D eigenvalue weighted by atomic mass is 19.4. The molecule has 8 nitrogen and oxygen atoms in total. The fourth-order valence-corrected chi connectivity index (χ4v) is 6.06. The Morgan fingerprint density at radius 2 is 1.69 bits per heavy atom. The lowest BCUT2D eigenvalue weighted by molar-refractivity contribution is -0.188. The van der Waals surface area contributed by atoms with Crippen molar-refractivity contribution in [1.29, 1.82) is 0 Å². The largest absolute Gasteiger partial charge is 0.471 e. The summed E-state index contributed by atoms with van der Waals surface area (Å²) in [5, 5.41) is 2.73. The van der Waals surface area contributed by atoms with Gasteiger partial charge >= 0.3 is 18.2 Å². The van der Waals surface area contributed by atoms with E-state index < -0.39 is 47.0 Å². The van der Waals surface area contributed by atoms with E-state index in [0.29, 0.717) is 51.6 Å². The molecule has 4 aliphatic rings. The molecular formula is C28H36F3N3O5. The smallest absolute Gasteiger partial charge is 0.444 e. The first kappa shape index (κ1) is 27.7. The van der Waals surface area contributed by atoms with Crippen molar-refractivity contribution in [3.05, 3.63) is 35.9 Å². The first-order valence-corrected chi connectivity index (χ1v) is 13.6. The molecule has 1 unspecified atom stereocenters. The van der Waals surface area contributed by atoms with Gasteiger partial charge in [-0.1, -0.05) is 30.3 Å². The number of carbonyl (C=O) groups excluding carboxylic acids is 3. The summed E-state index contributed by atoms with van der Waals surface area (Å²) in [4.78, 5) is 40.8. The Hall–Kier alpha value is -2.82. The lowest BCUT2D eigenvalue weighted by Crippen LogP contribution is -2.55. The molecule has 3 amide bonds. The van der Waals surface area contributed by atoms with Crippen molar-refractivity contribution in [2.24, 2.45) is 0 Å². The molecule has 1 N–H and O–H groups in total. The third-order valence-electron chi connectivity index (χ3n) is 8.26. The summed E-state index contributed by atoms with van der Waals surface area (Å²) in [6.45, 7) is 6.03. The highest BCUT2D eigenvalue weighted by molar-refractivity contribution is 5.93. The van der Waals surface area contributed by atoms with Crippen LogP contribution in [0.4, 0.5) is 18.0 Å². The predicted molar refractivity (Wildman–Crippen MR) is 135 cm³/mol. The van der Waals surface area contributed by atoms with Gasteiger partial charge in [-0.25, -0.2) is 4.79 Å². The summed E-state index contributed by atoms with van der Waals surface area (Å²) in [5.41, 5.74) is -1.39. The van der Waals surface area contributed by atoms with Crippen LogP contribution in [0, 0.1) is 0 Å². The molecule has 2 saturated heterocycles. The predicted octanol–water partition coefficient (Wildman–Crippen LogP) is 4.14. The normalized spacial score (nSPS) is 27.1. The molecular weight excluding hydrogens is 515 g/mol.